The normalized spacial score (nSPS) is 12.2. The minimum Gasteiger partial charge on any atom is -0.349 e. The molecular weight excluding hydrogens is 138 g/mol. The van der Waals surface area contributed by atoms with Gasteiger partial charge in [0.15, 0.2) is 0 Å². The summed E-state index contributed by atoms with van der Waals surface area (Å²) in [5, 5.41) is 2.59. The highest BCUT2D eigenvalue weighted by Crippen LogP contribution is 1.82. The highest BCUT2D eigenvalue weighted by Gasteiger charge is 1.99. The first-order valence-electron chi connectivity index (χ1n) is 2.68. The fraction of sp³-hybridized carbons (Fsp3) is 0.500. The summed E-state index contributed by atoms with van der Waals surface area (Å²) in [5.41, 5.74) is 0. The quantitative estimate of drug-likeness (QED) is 0.467. The highest BCUT2D eigenvalue weighted by atomic mass is 35.5. The van der Waals surface area contributed by atoms with Crippen LogP contribution in [-0.2, 0) is 4.79 Å². The van der Waals surface area contributed by atoms with Gasteiger partial charge in [0.05, 0.1) is 0 Å². The summed E-state index contributed by atoms with van der Waals surface area (Å²) >= 11 is 5.21. The zero-order chi connectivity index (χ0) is 7.28. The lowest BCUT2D eigenvalue weighted by atomic mass is 10.3. The van der Waals surface area contributed by atoms with Crippen molar-refractivity contribution in [3.8, 4) is 0 Å². The fourth-order valence-corrected chi connectivity index (χ4v) is 0.429. The van der Waals surface area contributed by atoms with E-state index in [0.717, 1.165) is 0 Å². The van der Waals surface area contributed by atoms with Gasteiger partial charge in [-0.15, -0.1) is 18.2 Å². The third-order valence-electron chi connectivity index (χ3n) is 0.864. The maximum Gasteiger partial charge on any atom is 0.235 e. The molecule has 0 bridgehead atoms. The second kappa shape index (κ2) is 4.39. The van der Waals surface area contributed by atoms with Gasteiger partial charge in [-0.05, 0) is 6.92 Å². The van der Waals surface area contributed by atoms with Crippen molar-refractivity contribution in [3.05, 3.63) is 12.7 Å². The van der Waals surface area contributed by atoms with E-state index in [9.17, 15) is 4.79 Å². The van der Waals surface area contributed by atoms with Crippen LogP contribution in [0.3, 0.4) is 0 Å². The van der Waals surface area contributed by atoms with E-state index in [-0.39, 0.29) is 17.8 Å². The lowest BCUT2D eigenvalue weighted by molar-refractivity contribution is -0.118. The molecule has 1 N–H and O–H groups in total. The molecule has 0 rings (SSSR count). The zero-order valence-corrected chi connectivity index (χ0v) is 6.11. The number of amides is 1. The maximum absolute atomic E-state index is 10.5. The number of rotatable bonds is 3. The third-order valence-corrected chi connectivity index (χ3v) is 1.11. The van der Waals surface area contributed by atoms with Gasteiger partial charge in [-0.2, -0.15) is 0 Å². The lowest BCUT2D eigenvalue weighted by Crippen LogP contribution is -2.31. The van der Waals surface area contributed by atoms with Crippen LogP contribution in [0.25, 0.3) is 0 Å². The number of nitrogens with one attached hydrogen (secondary N) is 1. The predicted octanol–water partition coefficient (Wildman–Crippen LogP) is 0.916. The highest BCUT2D eigenvalue weighted by molar-refractivity contribution is 6.27. The molecule has 0 radical (unpaired) electrons. The van der Waals surface area contributed by atoms with Crippen molar-refractivity contribution in [2.45, 2.75) is 13.0 Å². The number of carbonyl (C=O) groups excluding carboxylic acids is 1. The average Bonchev–Trinajstić information content (AvgIpc) is 1.87. The second-order valence-electron chi connectivity index (χ2n) is 1.73. The van der Waals surface area contributed by atoms with Gasteiger partial charge in [0.1, 0.15) is 5.88 Å². The van der Waals surface area contributed by atoms with Crippen molar-refractivity contribution in [2.24, 2.45) is 0 Å². The summed E-state index contributed by atoms with van der Waals surface area (Å²) in [5.74, 6) is -0.151. The van der Waals surface area contributed by atoms with Crippen molar-refractivity contribution in [3.63, 3.8) is 0 Å². The molecule has 0 aromatic rings. The first kappa shape index (κ1) is 8.50. The van der Waals surface area contributed by atoms with Crippen molar-refractivity contribution >= 4 is 17.5 Å². The molecule has 0 aromatic carbocycles. The Morgan fingerprint density at radius 1 is 2.00 bits per heavy atom. The van der Waals surface area contributed by atoms with Crippen LogP contribution in [0.4, 0.5) is 0 Å². The molecule has 9 heavy (non-hydrogen) atoms. The summed E-state index contributed by atoms with van der Waals surface area (Å²) in [7, 11) is 0. The fourth-order valence-electron chi connectivity index (χ4n) is 0.351. The van der Waals surface area contributed by atoms with Crippen LogP contribution in [-0.4, -0.2) is 17.8 Å². The Kier molecular flexibility index (Phi) is 4.14. The Morgan fingerprint density at radius 3 is 2.89 bits per heavy atom. The Hall–Kier alpha value is -0.500. The van der Waals surface area contributed by atoms with Crippen LogP contribution in [0.2, 0.25) is 0 Å². The molecule has 1 unspecified atom stereocenters. The Bertz CT molecular complexity index is 114. The molecule has 1 amide bonds. The second-order valence-corrected chi connectivity index (χ2v) is 1.99. The molecule has 0 aromatic heterocycles. The molecule has 0 aliphatic rings. The van der Waals surface area contributed by atoms with Crippen molar-refractivity contribution < 1.29 is 4.79 Å². The summed E-state index contributed by atoms with van der Waals surface area (Å²) in [4.78, 5) is 10.5. The Labute approximate surface area is 59.9 Å². The van der Waals surface area contributed by atoms with Crippen LogP contribution < -0.4 is 5.32 Å². The molecule has 0 saturated carbocycles. The largest absolute Gasteiger partial charge is 0.349 e. The van der Waals surface area contributed by atoms with E-state index >= 15 is 0 Å². The molecular formula is C6H10ClNO. The first-order valence-corrected chi connectivity index (χ1v) is 3.22. The van der Waals surface area contributed by atoms with Crippen molar-refractivity contribution in [1.82, 2.24) is 5.32 Å². The molecule has 3 heteroatoms. The summed E-state index contributed by atoms with van der Waals surface area (Å²) < 4.78 is 0. The molecule has 0 saturated heterocycles. The minimum atomic E-state index is -0.163. The Morgan fingerprint density at radius 2 is 2.56 bits per heavy atom. The number of carbonyl (C=O) groups is 1. The molecule has 52 valence electrons. The number of hydrogen-bond acceptors (Lipinski definition) is 1. The summed E-state index contributed by atoms with van der Waals surface area (Å²) in [6.45, 7) is 5.32. The van der Waals surface area contributed by atoms with Gasteiger partial charge in [-0.3, -0.25) is 4.79 Å². The first-order chi connectivity index (χ1) is 4.20. The van der Waals surface area contributed by atoms with Gasteiger partial charge >= 0.3 is 0 Å². The van der Waals surface area contributed by atoms with Crippen LogP contribution in [0.1, 0.15) is 6.92 Å². The van der Waals surface area contributed by atoms with Crippen molar-refractivity contribution in [1.29, 1.82) is 0 Å². The van der Waals surface area contributed by atoms with Gasteiger partial charge < -0.3 is 5.32 Å². The molecule has 0 heterocycles. The topological polar surface area (TPSA) is 29.1 Å². The number of halogens is 1. The monoisotopic (exact) mass is 147 g/mol. The average molecular weight is 148 g/mol. The zero-order valence-electron chi connectivity index (χ0n) is 5.36. The van der Waals surface area contributed by atoms with Crippen molar-refractivity contribution in [2.75, 3.05) is 5.88 Å². The van der Waals surface area contributed by atoms with Crippen LogP contribution in [0, 0.1) is 0 Å². The van der Waals surface area contributed by atoms with Crippen LogP contribution in [0.5, 0.6) is 0 Å². The smallest absolute Gasteiger partial charge is 0.235 e. The van der Waals surface area contributed by atoms with Crippen LogP contribution >= 0.6 is 11.6 Å². The van der Waals surface area contributed by atoms with Gasteiger partial charge in [-0.1, -0.05) is 6.08 Å². The third kappa shape index (κ3) is 4.03. The molecule has 0 spiro atoms. The molecule has 0 fully saturated rings. The van der Waals surface area contributed by atoms with Gasteiger partial charge in [-0.25, -0.2) is 0 Å². The Balaban J connectivity index is 3.46. The lowest BCUT2D eigenvalue weighted by Gasteiger charge is -2.05. The van der Waals surface area contributed by atoms with Gasteiger partial charge in [0, 0.05) is 6.04 Å². The van der Waals surface area contributed by atoms with E-state index in [1.807, 2.05) is 6.92 Å². The summed E-state index contributed by atoms with van der Waals surface area (Å²) in [6, 6.07) is 0.0104. The van der Waals surface area contributed by atoms with E-state index in [2.05, 4.69) is 11.9 Å². The predicted molar refractivity (Wildman–Crippen MR) is 38.5 cm³/mol. The minimum absolute atomic E-state index is 0.0104. The summed E-state index contributed by atoms with van der Waals surface area (Å²) in [6.07, 6.45) is 1.64. The van der Waals surface area contributed by atoms with E-state index in [0.29, 0.717) is 0 Å². The number of hydrogen-bond donors (Lipinski definition) is 1. The number of alkyl halides is 1. The van der Waals surface area contributed by atoms with Gasteiger partial charge in [0.2, 0.25) is 5.91 Å². The molecule has 1 atom stereocenters. The van der Waals surface area contributed by atoms with E-state index in [4.69, 9.17) is 11.6 Å². The standard InChI is InChI=1S/C6H10ClNO/c1-3-5(2)8-6(9)4-7/h3,5H,1,4H2,2H3,(H,8,9). The van der Waals surface area contributed by atoms with E-state index in [1.165, 1.54) is 0 Å². The maximum atomic E-state index is 10.5. The molecule has 0 aliphatic carbocycles. The molecule has 0 aliphatic heterocycles. The molecule has 2 nitrogen and oxygen atoms in total. The SMILES string of the molecule is C=CC(C)NC(=O)CCl. The van der Waals surface area contributed by atoms with Gasteiger partial charge in [0.25, 0.3) is 0 Å². The van der Waals surface area contributed by atoms with Crippen LogP contribution in [0.15, 0.2) is 12.7 Å². The van der Waals surface area contributed by atoms with E-state index in [1.54, 1.807) is 6.08 Å². The van der Waals surface area contributed by atoms with E-state index < -0.39 is 0 Å².